The summed E-state index contributed by atoms with van der Waals surface area (Å²) in [5, 5.41) is 28.4. The first-order valence-corrected chi connectivity index (χ1v) is 14.0. The molecule has 0 saturated carbocycles. The van der Waals surface area contributed by atoms with Gasteiger partial charge in [-0.15, -0.1) is 0 Å². The molecule has 0 spiro atoms. The SMILES string of the molecule is NC(=O)CCC(NC(=O)C(N)CO)C(=O)NC(Cc1c[nH]c2ccccc12)C(=O)NC(Cc1c[nH]c2ccccc12)C(=O)O. The van der Waals surface area contributed by atoms with E-state index in [0.29, 0.717) is 11.1 Å². The van der Waals surface area contributed by atoms with Crippen LogP contribution in [0.4, 0.5) is 0 Å². The molecule has 4 aromatic rings. The van der Waals surface area contributed by atoms with Gasteiger partial charge in [-0.3, -0.25) is 19.2 Å². The zero-order valence-electron chi connectivity index (χ0n) is 23.7. The van der Waals surface area contributed by atoms with Gasteiger partial charge in [0.2, 0.25) is 23.6 Å². The monoisotopic (exact) mass is 605 g/mol. The molecule has 232 valence electrons. The number of carboxylic acid groups (broad SMARTS) is 1. The van der Waals surface area contributed by atoms with Crippen LogP contribution >= 0.6 is 0 Å². The fraction of sp³-hybridized carbons (Fsp3) is 0.300. The number of benzene rings is 2. The Labute approximate surface area is 251 Å². The third-order valence-electron chi connectivity index (χ3n) is 7.29. The minimum absolute atomic E-state index is 0.0326. The summed E-state index contributed by atoms with van der Waals surface area (Å²) in [6.07, 6.45) is 2.83. The number of aliphatic carboxylic acids is 1. The van der Waals surface area contributed by atoms with Gasteiger partial charge in [-0.05, 0) is 29.7 Å². The third kappa shape index (κ3) is 7.79. The van der Waals surface area contributed by atoms with E-state index in [1.54, 1.807) is 12.4 Å². The van der Waals surface area contributed by atoms with Gasteiger partial charge in [0, 0.05) is 53.5 Å². The van der Waals surface area contributed by atoms with Crippen LogP contribution < -0.4 is 27.4 Å². The summed E-state index contributed by atoms with van der Waals surface area (Å²) in [6, 6.07) is 9.39. The molecule has 0 radical (unpaired) electrons. The molecule has 11 N–H and O–H groups in total. The van der Waals surface area contributed by atoms with Gasteiger partial charge in [-0.2, -0.15) is 0 Å². The van der Waals surface area contributed by atoms with Crippen molar-refractivity contribution in [3.63, 3.8) is 0 Å². The Morgan fingerprint density at radius 2 is 1.20 bits per heavy atom. The third-order valence-corrected chi connectivity index (χ3v) is 7.29. The number of carbonyl (C=O) groups excluding carboxylic acids is 4. The molecule has 0 bridgehead atoms. The van der Waals surface area contributed by atoms with E-state index in [0.717, 1.165) is 21.8 Å². The largest absolute Gasteiger partial charge is 0.480 e. The number of hydrogen-bond donors (Lipinski definition) is 9. The highest BCUT2D eigenvalue weighted by atomic mass is 16.4. The highest BCUT2D eigenvalue weighted by Crippen LogP contribution is 2.21. The van der Waals surface area contributed by atoms with E-state index in [-0.39, 0.29) is 25.7 Å². The molecule has 14 heteroatoms. The molecule has 2 aromatic heterocycles. The zero-order valence-corrected chi connectivity index (χ0v) is 23.7. The van der Waals surface area contributed by atoms with Gasteiger partial charge in [-0.1, -0.05) is 36.4 Å². The number of fused-ring (bicyclic) bond motifs is 2. The zero-order chi connectivity index (χ0) is 31.8. The second kappa shape index (κ2) is 14.3. The standard InChI is InChI=1S/C30H35N7O7/c31-20(15-38)27(40)35-23(9-10-26(32)39)28(41)36-24(11-16-13-33-21-7-3-1-5-18(16)21)29(42)37-25(30(43)44)12-17-14-34-22-8-4-2-6-19(17)22/h1-8,13-14,20,23-25,33-34,38H,9-12,15,31H2,(H2,32,39)(H,35,40)(H,36,41)(H,37,42)(H,43,44). The van der Waals surface area contributed by atoms with E-state index in [1.165, 1.54) is 0 Å². The van der Waals surface area contributed by atoms with Crippen LogP contribution in [0.3, 0.4) is 0 Å². The lowest BCUT2D eigenvalue weighted by molar-refractivity contribution is -0.142. The topological polar surface area (TPSA) is 246 Å². The Bertz CT molecular complexity index is 1660. The Kier molecular flexibility index (Phi) is 10.3. The van der Waals surface area contributed by atoms with Crippen LogP contribution in [-0.4, -0.2) is 80.6 Å². The lowest BCUT2D eigenvalue weighted by Crippen LogP contribution is -2.58. The molecule has 0 saturated heterocycles. The number of hydrogen-bond acceptors (Lipinski definition) is 7. The van der Waals surface area contributed by atoms with Gasteiger partial charge in [0.25, 0.3) is 0 Å². The molecule has 0 aliphatic carbocycles. The van der Waals surface area contributed by atoms with Gasteiger partial charge in [-0.25, -0.2) is 4.79 Å². The van der Waals surface area contributed by atoms with Crippen molar-refractivity contribution in [2.24, 2.45) is 11.5 Å². The number of nitrogens with one attached hydrogen (secondary N) is 5. The van der Waals surface area contributed by atoms with Crippen LogP contribution in [0, 0.1) is 0 Å². The van der Waals surface area contributed by atoms with Crippen molar-refractivity contribution in [2.75, 3.05) is 6.61 Å². The first kappa shape index (κ1) is 31.7. The fourth-order valence-corrected chi connectivity index (χ4v) is 4.91. The molecule has 4 amide bonds. The number of rotatable bonds is 15. The average molecular weight is 606 g/mol. The fourth-order valence-electron chi connectivity index (χ4n) is 4.91. The molecule has 44 heavy (non-hydrogen) atoms. The number of carbonyl (C=O) groups is 5. The molecule has 14 nitrogen and oxygen atoms in total. The summed E-state index contributed by atoms with van der Waals surface area (Å²) < 4.78 is 0. The van der Waals surface area contributed by atoms with Crippen LogP contribution in [0.2, 0.25) is 0 Å². The van der Waals surface area contributed by atoms with E-state index in [4.69, 9.17) is 11.5 Å². The second-order valence-electron chi connectivity index (χ2n) is 10.4. The normalized spacial score (nSPS) is 14.0. The van der Waals surface area contributed by atoms with E-state index in [1.807, 2.05) is 48.5 Å². The Balaban J connectivity index is 1.59. The van der Waals surface area contributed by atoms with Crippen LogP contribution in [0.1, 0.15) is 24.0 Å². The summed E-state index contributed by atoms with van der Waals surface area (Å²) in [7, 11) is 0. The van der Waals surface area contributed by atoms with Gasteiger partial charge in [0.1, 0.15) is 24.2 Å². The number of aliphatic hydroxyl groups excluding tert-OH is 1. The van der Waals surface area contributed by atoms with Crippen LogP contribution in [0.5, 0.6) is 0 Å². The molecule has 4 atom stereocenters. The summed E-state index contributed by atoms with van der Waals surface area (Å²) in [5.41, 5.74) is 13.8. The first-order valence-electron chi connectivity index (χ1n) is 14.0. The van der Waals surface area contributed by atoms with Crippen LogP contribution in [0.25, 0.3) is 21.8 Å². The Hall–Kier alpha value is -5.21. The minimum atomic E-state index is -1.34. The van der Waals surface area contributed by atoms with Gasteiger partial charge in [0.15, 0.2) is 0 Å². The smallest absolute Gasteiger partial charge is 0.326 e. The second-order valence-corrected chi connectivity index (χ2v) is 10.4. The van der Waals surface area contributed by atoms with Crippen molar-refractivity contribution in [3.8, 4) is 0 Å². The van der Waals surface area contributed by atoms with E-state index in [2.05, 4.69) is 25.9 Å². The molecule has 0 aliphatic rings. The van der Waals surface area contributed by atoms with Gasteiger partial charge >= 0.3 is 5.97 Å². The van der Waals surface area contributed by atoms with Crippen molar-refractivity contribution in [2.45, 2.75) is 49.9 Å². The predicted octanol–water partition coefficient (Wildman–Crippen LogP) is -0.441. The lowest BCUT2D eigenvalue weighted by Gasteiger charge is -2.25. The number of aliphatic hydroxyl groups is 1. The number of nitrogens with two attached hydrogens (primary N) is 2. The van der Waals surface area contributed by atoms with Crippen LogP contribution in [0.15, 0.2) is 60.9 Å². The number of para-hydroxylation sites is 2. The molecule has 2 aromatic carbocycles. The molecule has 4 unspecified atom stereocenters. The molecule has 0 aliphatic heterocycles. The maximum Gasteiger partial charge on any atom is 0.326 e. The summed E-state index contributed by atoms with van der Waals surface area (Å²) in [6.45, 7) is -0.686. The Morgan fingerprint density at radius 1 is 0.727 bits per heavy atom. The molecule has 0 fully saturated rings. The maximum absolute atomic E-state index is 13.7. The van der Waals surface area contributed by atoms with Crippen molar-refractivity contribution in [1.82, 2.24) is 25.9 Å². The number of amides is 4. The Morgan fingerprint density at radius 3 is 1.73 bits per heavy atom. The van der Waals surface area contributed by atoms with E-state index in [9.17, 15) is 34.2 Å². The van der Waals surface area contributed by atoms with E-state index >= 15 is 0 Å². The quantitative estimate of drug-likeness (QED) is 0.0857. The average Bonchev–Trinajstić information content (AvgIpc) is 3.61. The number of primary amides is 1. The van der Waals surface area contributed by atoms with Gasteiger partial charge < -0.3 is 47.6 Å². The lowest BCUT2D eigenvalue weighted by atomic mass is 10.0. The predicted molar refractivity (Wildman–Crippen MR) is 161 cm³/mol. The minimum Gasteiger partial charge on any atom is -0.480 e. The molecule has 4 rings (SSSR count). The van der Waals surface area contributed by atoms with E-state index < -0.39 is 60.4 Å². The van der Waals surface area contributed by atoms with Crippen molar-refractivity contribution in [1.29, 1.82) is 0 Å². The highest BCUT2D eigenvalue weighted by molar-refractivity contribution is 5.95. The summed E-state index contributed by atoms with van der Waals surface area (Å²) >= 11 is 0. The molecular weight excluding hydrogens is 570 g/mol. The van der Waals surface area contributed by atoms with Crippen molar-refractivity contribution in [3.05, 3.63) is 72.1 Å². The van der Waals surface area contributed by atoms with Crippen LogP contribution in [-0.2, 0) is 36.8 Å². The summed E-state index contributed by atoms with van der Waals surface area (Å²) in [5.74, 6) is -4.45. The van der Waals surface area contributed by atoms with Crippen molar-refractivity contribution < 1.29 is 34.2 Å². The number of carboxylic acids is 1. The number of H-pyrrole nitrogens is 2. The maximum atomic E-state index is 13.7. The van der Waals surface area contributed by atoms with Gasteiger partial charge in [0.05, 0.1) is 6.61 Å². The number of aromatic nitrogens is 2. The van der Waals surface area contributed by atoms with Crippen molar-refractivity contribution >= 4 is 51.4 Å². The first-order chi connectivity index (χ1) is 21.1. The molecular formula is C30H35N7O7. The number of aromatic amines is 2. The summed E-state index contributed by atoms with van der Waals surface area (Å²) in [4.78, 5) is 69.4. The molecule has 2 heterocycles. The highest BCUT2D eigenvalue weighted by Gasteiger charge is 2.31.